The molecule has 1 N–H and O–H groups in total. The van der Waals surface area contributed by atoms with Crippen molar-refractivity contribution in [1.82, 2.24) is 19.6 Å². The van der Waals surface area contributed by atoms with Crippen molar-refractivity contribution < 1.29 is 14.3 Å². The van der Waals surface area contributed by atoms with Gasteiger partial charge in [-0.15, -0.1) is 0 Å². The normalized spacial score (nSPS) is 14.3. The van der Waals surface area contributed by atoms with E-state index in [1.54, 1.807) is 19.2 Å². The second kappa shape index (κ2) is 12.0. The second-order valence-corrected chi connectivity index (χ2v) is 9.86. The van der Waals surface area contributed by atoms with Crippen molar-refractivity contribution in [2.75, 3.05) is 20.2 Å². The van der Waals surface area contributed by atoms with E-state index in [1.165, 1.54) is 17.1 Å². The molecule has 0 saturated carbocycles. The van der Waals surface area contributed by atoms with Crippen LogP contribution in [0.3, 0.4) is 0 Å². The summed E-state index contributed by atoms with van der Waals surface area (Å²) in [6.45, 7) is 2.89. The zero-order valence-corrected chi connectivity index (χ0v) is 21.6. The van der Waals surface area contributed by atoms with E-state index in [0.717, 1.165) is 43.8 Å². The van der Waals surface area contributed by atoms with E-state index in [2.05, 4.69) is 43.8 Å². The van der Waals surface area contributed by atoms with Crippen LogP contribution in [0.15, 0.2) is 78.9 Å². The Bertz CT molecular complexity index is 1320. The molecule has 7 nitrogen and oxygen atoms in total. The molecule has 3 aromatic carbocycles. The lowest BCUT2D eigenvalue weighted by Gasteiger charge is -2.32. The highest BCUT2D eigenvalue weighted by Gasteiger charge is 2.21. The molecule has 0 radical (unpaired) electrons. The molecule has 1 aromatic heterocycles. The molecule has 37 heavy (non-hydrogen) atoms. The number of likely N-dealkylation sites (tertiary alicyclic amines) is 1. The van der Waals surface area contributed by atoms with Gasteiger partial charge in [0, 0.05) is 49.2 Å². The monoisotopic (exact) mass is 514 g/mol. The first-order valence-corrected chi connectivity index (χ1v) is 13.2. The number of hydrogen-bond acceptors (Lipinski definition) is 7. The minimum atomic E-state index is -0.0806. The van der Waals surface area contributed by atoms with E-state index in [9.17, 15) is 4.79 Å². The SMILES string of the molecule is COc1cccc(Cc2nsc(Oc3cccc(C(=O)NC4CCN(Cc5ccccc5)CC4)c3)n2)c1. The maximum absolute atomic E-state index is 12.9. The Balaban J connectivity index is 1.13. The number of carbonyl (C=O) groups excluding carboxylic acids is 1. The lowest BCUT2D eigenvalue weighted by Crippen LogP contribution is -2.44. The molecule has 0 aliphatic carbocycles. The van der Waals surface area contributed by atoms with Crippen molar-refractivity contribution >= 4 is 17.4 Å². The summed E-state index contributed by atoms with van der Waals surface area (Å²) in [6.07, 6.45) is 2.47. The van der Waals surface area contributed by atoms with Crippen molar-refractivity contribution in [1.29, 1.82) is 0 Å². The number of nitrogens with one attached hydrogen (secondary N) is 1. The molecule has 190 valence electrons. The lowest BCUT2D eigenvalue weighted by atomic mass is 10.0. The molecule has 0 bridgehead atoms. The van der Waals surface area contributed by atoms with Gasteiger partial charge < -0.3 is 14.8 Å². The standard InChI is InChI=1S/C29H30N4O3S/c1-35-25-11-5-9-22(17-25)18-27-31-29(37-32-27)36-26-12-6-10-23(19-26)28(34)30-24-13-15-33(16-14-24)20-21-7-3-2-4-8-21/h2-12,17,19,24H,13-16,18,20H2,1H3,(H,30,34). The van der Waals surface area contributed by atoms with Crippen LogP contribution in [-0.4, -0.2) is 46.4 Å². The Hall–Kier alpha value is -3.75. The van der Waals surface area contributed by atoms with Gasteiger partial charge in [-0.05, 0) is 54.3 Å². The summed E-state index contributed by atoms with van der Waals surface area (Å²) in [6, 6.07) is 25.7. The Labute approximate surface area is 221 Å². The van der Waals surface area contributed by atoms with Gasteiger partial charge in [0.15, 0.2) is 5.82 Å². The maximum atomic E-state index is 12.9. The number of rotatable bonds is 9. The van der Waals surface area contributed by atoms with Gasteiger partial charge in [0.05, 0.1) is 7.11 Å². The number of ether oxygens (including phenoxy) is 2. The van der Waals surface area contributed by atoms with Gasteiger partial charge in [-0.1, -0.05) is 48.5 Å². The van der Waals surface area contributed by atoms with Crippen molar-refractivity contribution in [2.24, 2.45) is 0 Å². The number of aromatic nitrogens is 2. The van der Waals surface area contributed by atoms with Crippen LogP contribution in [0.5, 0.6) is 16.7 Å². The Morgan fingerprint density at radius 3 is 2.54 bits per heavy atom. The topological polar surface area (TPSA) is 76.6 Å². The summed E-state index contributed by atoms with van der Waals surface area (Å²) in [5.74, 6) is 1.97. The summed E-state index contributed by atoms with van der Waals surface area (Å²) < 4.78 is 15.6. The smallest absolute Gasteiger partial charge is 0.298 e. The number of carbonyl (C=O) groups is 1. The van der Waals surface area contributed by atoms with E-state index in [4.69, 9.17) is 9.47 Å². The first-order valence-electron chi connectivity index (χ1n) is 12.5. The summed E-state index contributed by atoms with van der Waals surface area (Å²) in [4.78, 5) is 19.9. The quantitative estimate of drug-likeness (QED) is 0.326. The van der Waals surface area contributed by atoms with Crippen molar-refractivity contribution in [3.63, 3.8) is 0 Å². The van der Waals surface area contributed by atoms with Gasteiger partial charge in [-0.2, -0.15) is 9.36 Å². The average Bonchev–Trinajstić information content (AvgIpc) is 3.37. The van der Waals surface area contributed by atoms with E-state index in [0.29, 0.717) is 28.8 Å². The van der Waals surface area contributed by atoms with Gasteiger partial charge >= 0.3 is 0 Å². The van der Waals surface area contributed by atoms with Crippen LogP contribution in [0, 0.1) is 0 Å². The van der Waals surface area contributed by atoms with E-state index in [-0.39, 0.29) is 11.9 Å². The lowest BCUT2D eigenvalue weighted by molar-refractivity contribution is 0.0908. The third-order valence-electron chi connectivity index (χ3n) is 6.42. The third-order valence-corrected chi connectivity index (χ3v) is 7.05. The summed E-state index contributed by atoms with van der Waals surface area (Å²) in [7, 11) is 1.65. The molecular formula is C29H30N4O3S. The molecule has 8 heteroatoms. The second-order valence-electron chi connectivity index (χ2n) is 9.14. The van der Waals surface area contributed by atoms with Crippen molar-refractivity contribution in [3.8, 4) is 16.7 Å². The minimum Gasteiger partial charge on any atom is -0.497 e. The maximum Gasteiger partial charge on any atom is 0.298 e. The zero-order chi connectivity index (χ0) is 25.5. The largest absolute Gasteiger partial charge is 0.497 e. The number of amides is 1. The fourth-order valence-electron chi connectivity index (χ4n) is 4.46. The highest BCUT2D eigenvalue weighted by Crippen LogP contribution is 2.25. The third kappa shape index (κ3) is 6.93. The van der Waals surface area contributed by atoms with E-state index in [1.807, 2.05) is 42.5 Å². The summed E-state index contributed by atoms with van der Waals surface area (Å²) in [5.41, 5.74) is 2.96. The minimum absolute atomic E-state index is 0.0806. The van der Waals surface area contributed by atoms with Crippen LogP contribution in [0.25, 0.3) is 0 Å². The molecule has 1 aliphatic heterocycles. The fourth-order valence-corrected chi connectivity index (χ4v) is 5.03. The fraction of sp³-hybridized carbons (Fsp3) is 0.276. The Kier molecular flexibility index (Phi) is 8.08. The molecule has 0 unspecified atom stereocenters. The molecule has 5 rings (SSSR count). The van der Waals surface area contributed by atoms with Gasteiger partial charge in [-0.25, -0.2) is 0 Å². The van der Waals surface area contributed by atoms with Gasteiger partial charge in [0.25, 0.3) is 11.1 Å². The van der Waals surface area contributed by atoms with E-state index >= 15 is 0 Å². The number of benzene rings is 3. The number of piperidine rings is 1. The molecule has 4 aromatic rings. The molecule has 1 fully saturated rings. The Morgan fingerprint density at radius 1 is 0.973 bits per heavy atom. The highest BCUT2D eigenvalue weighted by atomic mass is 32.1. The number of nitrogens with zero attached hydrogens (tertiary/aromatic N) is 3. The van der Waals surface area contributed by atoms with Crippen molar-refractivity contribution in [2.45, 2.75) is 31.8 Å². The van der Waals surface area contributed by atoms with Crippen molar-refractivity contribution in [3.05, 3.63) is 101 Å². The predicted molar refractivity (Wildman–Crippen MR) is 144 cm³/mol. The van der Waals surface area contributed by atoms with Gasteiger partial charge in [0.2, 0.25) is 0 Å². The number of hydrogen-bond donors (Lipinski definition) is 1. The van der Waals surface area contributed by atoms with Crippen LogP contribution < -0.4 is 14.8 Å². The molecule has 1 aliphatic rings. The van der Waals surface area contributed by atoms with Gasteiger partial charge in [0.1, 0.15) is 11.5 Å². The first kappa shape index (κ1) is 24.9. The van der Waals surface area contributed by atoms with Crippen LogP contribution in [-0.2, 0) is 13.0 Å². The molecular weight excluding hydrogens is 484 g/mol. The van der Waals surface area contributed by atoms with Gasteiger partial charge in [-0.3, -0.25) is 9.69 Å². The van der Waals surface area contributed by atoms with E-state index < -0.39 is 0 Å². The van der Waals surface area contributed by atoms with Crippen LogP contribution in [0.4, 0.5) is 0 Å². The first-order chi connectivity index (χ1) is 18.1. The Morgan fingerprint density at radius 2 is 1.73 bits per heavy atom. The summed E-state index contributed by atoms with van der Waals surface area (Å²) in [5, 5.41) is 3.64. The molecule has 0 spiro atoms. The number of methoxy groups -OCH3 is 1. The molecule has 1 amide bonds. The van der Waals surface area contributed by atoms with Crippen LogP contribution in [0.2, 0.25) is 0 Å². The zero-order valence-electron chi connectivity index (χ0n) is 20.8. The molecule has 0 atom stereocenters. The molecule has 2 heterocycles. The molecule has 1 saturated heterocycles. The average molecular weight is 515 g/mol. The van der Waals surface area contributed by atoms with Crippen LogP contribution >= 0.6 is 11.5 Å². The van der Waals surface area contributed by atoms with Crippen LogP contribution in [0.1, 0.15) is 40.2 Å². The highest BCUT2D eigenvalue weighted by molar-refractivity contribution is 7.07. The summed E-state index contributed by atoms with van der Waals surface area (Å²) >= 11 is 1.20. The predicted octanol–water partition coefficient (Wildman–Crippen LogP) is 5.32.